The predicted molar refractivity (Wildman–Crippen MR) is 187 cm³/mol. The zero-order chi connectivity index (χ0) is 39.3. The van der Waals surface area contributed by atoms with Gasteiger partial charge in [0.1, 0.15) is 35.3 Å². The van der Waals surface area contributed by atoms with Gasteiger partial charge in [-0.2, -0.15) is 8.78 Å². The van der Waals surface area contributed by atoms with Crippen LogP contribution in [0.5, 0.6) is 5.88 Å². The third-order valence-corrected chi connectivity index (χ3v) is 12.1. The molecule has 0 radical (unpaired) electrons. The molecule has 19 heteroatoms. The number of fused-ring (bicyclic) bond motifs is 3. The molecule has 5 atom stereocenters. The van der Waals surface area contributed by atoms with Gasteiger partial charge in [0.25, 0.3) is 17.7 Å². The molecule has 4 aliphatic rings. The van der Waals surface area contributed by atoms with Crippen LogP contribution in [0.25, 0.3) is 11.0 Å². The Bertz CT molecular complexity index is 2170. The van der Waals surface area contributed by atoms with Crippen molar-refractivity contribution in [3.8, 4) is 5.88 Å². The molecule has 2 saturated carbocycles. The van der Waals surface area contributed by atoms with Crippen LogP contribution in [0.1, 0.15) is 86.7 Å². The van der Waals surface area contributed by atoms with E-state index in [9.17, 15) is 40.8 Å². The van der Waals surface area contributed by atoms with Crippen LogP contribution in [0.3, 0.4) is 0 Å². The molecule has 4 amide bonds. The highest BCUT2D eigenvalue weighted by atomic mass is 32.2. The van der Waals surface area contributed by atoms with E-state index in [1.165, 1.54) is 12.1 Å². The summed E-state index contributed by atoms with van der Waals surface area (Å²) in [6.07, 6.45) is 5.74. The van der Waals surface area contributed by atoms with Gasteiger partial charge in [-0.15, -0.1) is 0 Å². The molecule has 0 bridgehead atoms. The predicted octanol–water partition coefficient (Wildman–Crippen LogP) is 3.33. The van der Waals surface area contributed by atoms with E-state index in [0.717, 1.165) is 17.0 Å². The zero-order valence-electron chi connectivity index (χ0n) is 30.0. The molecule has 55 heavy (non-hydrogen) atoms. The number of aromatic nitrogens is 3. The highest BCUT2D eigenvalue weighted by Gasteiger charge is 2.62. The summed E-state index contributed by atoms with van der Waals surface area (Å²) in [5, 5.41) is 8.45. The summed E-state index contributed by atoms with van der Waals surface area (Å²) >= 11 is 0. The smallest absolute Gasteiger partial charge is 0.292 e. The number of allylic oxidation sites excluding steroid dienone is 1. The standard InChI is InChI=1S/C36H40F3N7O8S/c1-19-14-27(44-54-19)30(47)41-25-9-7-5-3-4-6-8-20-17-36(20,34(50)45-55(51,52)23-11-12-23)43-31(48)28-16-22(18-46(28)33(25)49)53-32-29(35(2,38)39)40-24-13-10-21(37)15-26(24)42-32/h6,8,10,13-15,20,22-23,25,28H,3-5,7,9,11-12,16-18H2,1-2H3,(H,41,47)(H,43,48)(H,45,50)/t20-,22-,25+,28+,36-/m1/s1. The molecule has 1 saturated heterocycles. The lowest BCUT2D eigenvalue weighted by Gasteiger charge is -2.29. The minimum absolute atomic E-state index is 0.0138. The Hall–Kier alpha value is -5.07. The van der Waals surface area contributed by atoms with Crippen molar-refractivity contribution in [1.29, 1.82) is 0 Å². The van der Waals surface area contributed by atoms with E-state index in [1.54, 1.807) is 13.0 Å². The van der Waals surface area contributed by atoms with Crippen LogP contribution in [-0.2, 0) is 30.3 Å². The van der Waals surface area contributed by atoms with Gasteiger partial charge in [-0.05, 0) is 57.6 Å². The Labute approximate surface area is 313 Å². The highest BCUT2D eigenvalue weighted by Crippen LogP contribution is 2.46. The zero-order valence-corrected chi connectivity index (χ0v) is 30.8. The van der Waals surface area contributed by atoms with Crippen molar-refractivity contribution >= 4 is 44.7 Å². The van der Waals surface area contributed by atoms with Gasteiger partial charge >= 0.3 is 0 Å². The van der Waals surface area contributed by atoms with E-state index in [-0.39, 0.29) is 42.5 Å². The fourth-order valence-electron chi connectivity index (χ4n) is 7.09. The number of hydrogen-bond acceptors (Lipinski definition) is 11. The summed E-state index contributed by atoms with van der Waals surface area (Å²) in [7, 11) is -3.98. The third kappa shape index (κ3) is 8.16. The molecule has 294 valence electrons. The number of carbonyl (C=O) groups is 4. The minimum Gasteiger partial charge on any atom is -0.471 e. The number of nitrogens with one attached hydrogen (secondary N) is 3. The minimum atomic E-state index is -3.98. The van der Waals surface area contributed by atoms with Gasteiger partial charge in [-0.3, -0.25) is 23.9 Å². The lowest BCUT2D eigenvalue weighted by Crippen LogP contribution is -2.58. The number of amides is 4. The molecule has 3 fully saturated rings. The first-order valence-corrected chi connectivity index (χ1v) is 19.7. The Balaban J connectivity index is 1.22. The molecule has 2 aromatic heterocycles. The molecule has 3 aromatic rings. The lowest BCUT2D eigenvalue weighted by molar-refractivity contribution is -0.141. The average molecular weight is 788 g/mol. The van der Waals surface area contributed by atoms with Gasteiger partial charge < -0.3 is 24.8 Å². The number of benzene rings is 1. The molecule has 15 nitrogen and oxygen atoms in total. The Morgan fingerprint density at radius 2 is 1.87 bits per heavy atom. The van der Waals surface area contributed by atoms with Crippen molar-refractivity contribution in [3.05, 3.63) is 59.4 Å². The number of alkyl halides is 2. The maximum atomic E-state index is 14.9. The van der Waals surface area contributed by atoms with E-state index >= 15 is 0 Å². The largest absolute Gasteiger partial charge is 0.471 e. The number of sulfonamides is 1. The highest BCUT2D eigenvalue weighted by molar-refractivity contribution is 7.91. The Morgan fingerprint density at radius 3 is 2.58 bits per heavy atom. The van der Waals surface area contributed by atoms with Gasteiger partial charge in [0.05, 0.1) is 22.8 Å². The van der Waals surface area contributed by atoms with E-state index in [0.29, 0.717) is 51.2 Å². The van der Waals surface area contributed by atoms with Crippen LogP contribution in [0.2, 0.25) is 0 Å². The fourth-order valence-corrected chi connectivity index (χ4v) is 8.45. The van der Waals surface area contributed by atoms with Gasteiger partial charge in [0, 0.05) is 31.4 Å². The van der Waals surface area contributed by atoms with E-state index < -0.39 is 91.9 Å². The monoisotopic (exact) mass is 787 g/mol. The maximum absolute atomic E-state index is 14.9. The SMILES string of the molecule is Cc1cc(C(=O)N[C@H]2CCCCCC=C[C@@H]3C[C@@]3(C(=O)NS(=O)(=O)C3CC3)NC(=O)[C@@H]3C[C@@H](Oc4nc5cc(F)ccc5nc4C(C)(F)F)CN3C2=O)no1. The van der Waals surface area contributed by atoms with Crippen LogP contribution in [0.15, 0.2) is 40.9 Å². The summed E-state index contributed by atoms with van der Waals surface area (Å²) in [6.45, 7) is 1.84. The number of hydrogen-bond donors (Lipinski definition) is 3. The lowest BCUT2D eigenvalue weighted by atomic mass is 10.0. The van der Waals surface area contributed by atoms with E-state index in [4.69, 9.17) is 9.26 Å². The Kier molecular flexibility index (Phi) is 10.1. The number of carbonyl (C=O) groups excluding carboxylic acids is 4. The normalized spacial score (nSPS) is 26.3. The van der Waals surface area contributed by atoms with Crippen LogP contribution in [0, 0.1) is 18.7 Å². The quantitative estimate of drug-likeness (QED) is 0.283. The second kappa shape index (κ2) is 14.5. The van der Waals surface area contributed by atoms with Crippen molar-refractivity contribution < 1.29 is 50.0 Å². The number of rotatable bonds is 8. The van der Waals surface area contributed by atoms with Crippen LogP contribution >= 0.6 is 0 Å². The summed E-state index contributed by atoms with van der Waals surface area (Å²) in [5.74, 6) is -8.20. The molecule has 2 aliphatic carbocycles. The summed E-state index contributed by atoms with van der Waals surface area (Å²) < 4.78 is 82.7. The van der Waals surface area contributed by atoms with Gasteiger partial charge in [0.2, 0.25) is 27.7 Å². The van der Waals surface area contributed by atoms with Gasteiger partial charge in [0.15, 0.2) is 11.4 Å². The summed E-state index contributed by atoms with van der Waals surface area (Å²) in [4.78, 5) is 65.0. The van der Waals surface area contributed by atoms with Crippen LogP contribution in [0.4, 0.5) is 13.2 Å². The van der Waals surface area contributed by atoms with Crippen molar-refractivity contribution in [2.24, 2.45) is 5.92 Å². The van der Waals surface area contributed by atoms with Gasteiger partial charge in [-0.1, -0.05) is 30.2 Å². The second-order valence-electron chi connectivity index (χ2n) is 14.7. The summed E-state index contributed by atoms with van der Waals surface area (Å²) in [5.41, 5.74) is -2.65. The molecular formula is C36H40F3N7O8S. The molecule has 3 N–H and O–H groups in total. The molecule has 7 rings (SSSR count). The Morgan fingerprint density at radius 1 is 1.09 bits per heavy atom. The van der Waals surface area contributed by atoms with Crippen molar-refractivity contribution in [2.45, 2.75) is 107 Å². The molecular weight excluding hydrogens is 747 g/mol. The van der Waals surface area contributed by atoms with Crippen LogP contribution in [-0.4, -0.2) is 87.6 Å². The van der Waals surface area contributed by atoms with Crippen molar-refractivity contribution in [2.75, 3.05) is 6.54 Å². The molecule has 0 unspecified atom stereocenters. The number of aryl methyl sites for hydroxylation is 1. The molecule has 1 aromatic carbocycles. The first kappa shape index (κ1) is 38.2. The molecule has 0 spiro atoms. The third-order valence-electron chi connectivity index (χ3n) is 10.3. The average Bonchev–Trinajstić information content (AvgIpc) is 4.01. The fraction of sp³-hybridized carbons (Fsp3) is 0.528. The number of nitrogens with zero attached hydrogens (tertiary/aromatic N) is 4. The summed E-state index contributed by atoms with van der Waals surface area (Å²) in [6, 6.07) is 2.10. The first-order chi connectivity index (χ1) is 26.0. The van der Waals surface area contributed by atoms with Crippen LogP contribution < -0.4 is 20.1 Å². The van der Waals surface area contributed by atoms with Crippen molar-refractivity contribution in [1.82, 2.24) is 35.4 Å². The number of ether oxygens (including phenoxy) is 1. The molecule has 4 heterocycles. The first-order valence-electron chi connectivity index (χ1n) is 18.2. The van der Waals surface area contributed by atoms with Gasteiger partial charge in [-0.25, -0.2) is 22.8 Å². The number of halogens is 3. The van der Waals surface area contributed by atoms with Crippen molar-refractivity contribution in [3.63, 3.8) is 0 Å². The van der Waals surface area contributed by atoms with E-state index in [2.05, 4.69) is 30.5 Å². The maximum Gasteiger partial charge on any atom is 0.292 e. The second-order valence-corrected chi connectivity index (χ2v) is 16.7. The van der Waals surface area contributed by atoms with E-state index in [1.807, 2.05) is 6.08 Å². The topological polar surface area (TPSA) is 203 Å². The molecule has 2 aliphatic heterocycles.